The number of ether oxygens (including phenoxy) is 5. The second-order valence-corrected chi connectivity index (χ2v) is 7.48. The molecule has 2 heterocycles. The van der Waals surface area contributed by atoms with Gasteiger partial charge in [0.25, 0.3) is 0 Å². The second-order valence-electron chi connectivity index (χ2n) is 7.48. The van der Waals surface area contributed by atoms with Crippen molar-refractivity contribution in [3.05, 3.63) is 54.6 Å². The Morgan fingerprint density at radius 3 is 2.23 bits per heavy atom. The maximum absolute atomic E-state index is 5.89. The first-order chi connectivity index (χ1) is 17.2. The lowest BCUT2D eigenvalue weighted by atomic mass is 10.1. The number of methoxy groups -OCH3 is 3. The lowest BCUT2D eigenvalue weighted by molar-refractivity contribution is 0.132. The molecule has 0 atom stereocenters. The van der Waals surface area contributed by atoms with Crippen molar-refractivity contribution in [2.45, 2.75) is 6.54 Å². The van der Waals surface area contributed by atoms with Crippen LogP contribution in [-0.4, -0.2) is 62.9 Å². The van der Waals surface area contributed by atoms with Crippen LogP contribution in [0.3, 0.4) is 0 Å². The fourth-order valence-electron chi connectivity index (χ4n) is 3.37. The van der Waals surface area contributed by atoms with E-state index in [1.165, 1.54) is 6.33 Å². The Morgan fingerprint density at radius 2 is 1.54 bits per heavy atom. The van der Waals surface area contributed by atoms with Gasteiger partial charge >= 0.3 is 0 Å². The first-order valence-electron chi connectivity index (χ1n) is 11.1. The van der Waals surface area contributed by atoms with Gasteiger partial charge in [0.05, 0.1) is 32.4 Å². The van der Waals surface area contributed by atoms with Crippen LogP contribution in [0.2, 0.25) is 0 Å². The molecule has 0 aliphatic rings. The first-order valence-corrected chi connectivity index (χ1v) is 11.1. The van der Waals surface area contributed by atoms with Crippen LogP contribution in [0.25, 0.3) is 22.2 Å². The fraction of sp³-hybridized carbons (Fsp3) is 0.320. The molecule has 0 spiro atoms. The zero-order chi connectivity index (χ0) is 24.5. The average molecular weight is 481 g/mol. The molecule has 0 radical (unpaired) electrons. The Hall–Kier alpha value is -3.89. The summed E-state index contributed by atoms with van der Waals surface area (Å²) >= 11 is 0. The highest BCUT2D eigenvalue weighted by molar-refractivity contribution is 5.91. The zero-order valence-electron chi connectivity index (χ0n) is 19.9. The Bertz CT molecular complexity index is 1230. The zero-order valence-corrected chi connectivity index (χ0v) is 19.9. The van der Waals surface area contributed by atoms with E-state index in [4.69, 9.17) is 28.2 Å². The molecule has 0 amide bonds. The maximum Gasteiger partial charge on any atom is 0.163 e. The van der Waals surface area contributed by atoms with Crippen LogP contribution >= 0.6 is 0 Å². The highest BCUT2D eigenvalue weighted by Crippen LogP contribution is 2.34. The maximum atomic E-state index is 5.89. The molecule has 0 unspecified atom stereocenters. The van der Waals surface area contributed by atoms with Gasteiger partial charge in [0.2, 0.25) is 0 Å². The number of rotatable bonds is 13. The van der Waals surface area contributed by atoms with Crippen molar-refractivity contribution < 1.29 is 28.2 Å². The molecule has 0 aliphatic carbocycles. The van der Waals surface area contributed by atoms with Gasteiger partial charge in [-0.3, -0.25) is 0 Å². The summed E-state index contributed by atoms with van der Waals surface area (Å²) in [5.74, 6) is 3.24. The third-order valence-corrected chi connectivity index (χ3v) is 5.17. The average Bonchev–Trinajstić information content (AvgIpc) is 3.37. The third-order valence-electron chi connectivity index (χ3n) is 5.17. The normalized spacial score (nSPS) is 10.9. The Balaban J connectivity index is 1.52. The van der Waals surface area contributed by atoms with E-state index in [2.05, 4.69) is 20.4 Å². The molecule has 1 N–H and O–H groups in total. The summed E-state index contributed by atoms with van der Waals surface area (Å²) in [5.41, 5.74) is 2.39. The molecule has 0 fully saturated rings. The number of anilines is 1. The van der Waals surface area contributed by atoms with E-state index in [-0.39, 0.29) is 0 Å². The molecule has 0 saturated heterocycles. The van der Waals surface area contributed by atoms with Crippen molar-refractivity contribution in [3.63, 3.8) is 0 Å². The molecular weight excluding hydrogens is 452 g/mol. The van der Waals surface area contributed by atoms with E-state index in [1.807, 2.05) is 42.5 Å². The van der Waals surface area contributed by atoms with Crippen molar-refractivity contribution in [2.75, 3.05) is 53.1 Å². The van der Waals surface area contributed by atoms with Gasteiger partial charge in [-0.1, -0.05) is 5.16 Å². The van der Waals surface area contributed by atoms with E-state index in [9.17, 15) is 0 Å². The van der Waals surface area contributed by atoms with Gasteiger partial charge in [0, 0.05) is 37.3 Å². The molecule has 10 heteroatoms. The van der Waals surface area contributed by atoms with Gasteiger partial charge in [-0.25, -0.2) is 9.97 Å². The molecule has 0 bridgehead atoms. The van der Waals surface area contributed by atoms with E-state index < -0.39 is 0 Å². The van der Waals surface area contributed by atoms with Gasteiger partial charge in [0.15, 0.2) is 17.3 Å². The smallest absolute Gasteiger partial charge is 0.163 e. The van der Waals surface area contributed by atoms with Crippen LogP contribution in [0, 0.1) is 0 Å². The molecule has 4 aromatic rings. The van der Waals surface area contributed by atoms with Gasteiger partial charge in [-0.2, -0.15) is 0 Å². The van der Waals surface area contributed by atoms with Crippen LogP contribution in [0.1, 0.15) is 5.76 Å². The van der Waals surface area contributed by atoms with Crippen molar-refractivity contribution in [1.29, 1.82) is 0 Å². The van der Waals surface area contributed by atoms with Gasteiger partial charge in [0.1, 0.15) is 36.8 Å². The van der Waals surface area contributed by atoms with Crippen LogP contribution in [0.5, 0.6) is 17.2 Å². The minimum atomic E-state index is 0.380. The van der Waals surface area contributed by atoms with E-state index in [1.54, 1.807) is 21.3 Å². The van der Waals surface area contributed by atoms with Gasteiger partial charge < -0.3 is 33.5 Å². The predicted molar refractivity (Wildman–Crippen MR) is 130 cm³/mol. The minimum absolute atomic E-state index is 0.380. The summed E-state index contributed by atoms with van der Waals surface area (Å²) in [7, 11) is 4.88. The van der Waals surface area contributed by atoms with Crippen molar-refractivity contribution >= 4 is 16.7 Å². The molecule has 184 valence electrons. The summed E-state index contributed by atoms with van der Waals surface area (Å²) < 4.78 is 32.6. The summed E-state index contributed by atoms with van der Waals surface area (Å²) in [6.45, 7) is 2.07. The summed E-state index contributed by atoms with van der Waals surface area (Å²) in [6, 6.07) is 13.2. The number of nitrogens with zero attached hydrogens (tertiary/aromatic N) is 3. The molecule has 0 saturated carbocycles. The first kappa shape index (κ1) is 24.2. The highest BCUT2D eigenvalue weighted by Gasteiger charge is 2.14. The minimum Gasteiger partial charge on any atom is -0.497 e. The molecular formula is C25H28N4O6. The van der Waals surface area contributed by atoms with Crippen LogP contribution < -0.4 is 19.5 Å². The number of aromatic nitrogens is 3. The fourth-order valence-corrected chi connectivity index (χ4v) is 3.37. The predicted octanol–water partition coefficient (Wildman–Crippen LogP) is 3.96. The molecule has 0 aliphatic heterocycles. The van der Waals surface area contributed by atoms with Crippen molar-refractivity contribution in [3.8, 4) is 28.5 Å². The number of hydrogen-bond acceptors (Lipinski definition) is 10. The largest absolute Gasteiger partial charge is 0.497 e. The SMILES string of the molecule is COCCOc1cc2ncnc(NCc3cc(-c4ccc(OC)cc4)no3)c2cc1OCCOC. The quantitative estimate of drug-likeness (QED) is 0.282. The summed E-state index contributed by atoms with van der Waals surface area (Å²) in [5, 5.41) is 8.27. The Kier molecular flexibility index (Phi) is 8.31. The van der Waals surface area contributed by atoms with Gasteiger partial charge in [-0.15, -0.1) is 0 Å². The lowest BCUT2D eigenvalue weighted by Gasteiger charge is -2.15. The number of hydrogen-bond donors (Lipinski definition) is 1. The lowest BCUT2D eigenvalue weighted by Crippen LogP contribution is -2.09. The van der Waals surface area contributed by atoms with Crippen molar-refractivity contribution in [1.82, 2.24) is 15.1 Å². The topological polar surface area (TPSA) is 110 Å². The van der Waals surface area contributed by atoms with E-state index in [0.717, 1.165) is 22.4 Å². The highest BCUT2D eigenvalue weighted by atomic mass is 16.5. The molecule has 35 heavy (non-hydrogen) atoms. The number of benzene rings is 2. The van der Waals surface area contributed by atoms with E-state index >= 15 is 0 Å². The van der Waals surface area contributed by atoms with E-state index in [0.29, 0.717) is 61.6 Å². The van der Waals surface area contributed by atoms with Crippen LogP contribution in [-0.2, 0) is 16.0 Å². The summed E-state index contributed by atoms with van der Waals surface area (Å²) in [4.78, 5) is 8.80. The summed E-state index contributed by atoms with van der Waals surface area (Å²) in [6.07, 6.45) is 1.50. The standard InChI is InChI=1S/C25H28N4O6/c1-30-8-10-33-23-13-20-22(14-24(23)34-11-9-31-2)27-16-28-25(20)26-15-19-12-21(29-35-19)17-4-6-18(32-3)7-5-17/h4-7,12-14,16H,8-11,15H2,1-3H3,(H,26,27,28). The molecule has 10 nitrogen and oxygen atoms in total. The van der Waals surface area contributed by atoms with Gasteiger partial charge in [-0.05, 0) is 30.3 Å². The monoisotopic (exact) mass is 480 g/mol. The molecule has 2 aromatic heterocycles. The number of nitrogens with one attached hydrogen (secondary N) is 1. The number of fused-ring (bicyclic) bond motifs is 1. The molecule has 4 rings (SSSR count). The second kappa shape index (κ2) is 12.0. The Labute approximate surface area is 203 Å². The Morgan fingerprint density at radius 1 is 0.829 bits per heavy atom. The molecule has 2 aromatic carbocycles. The van der Waals surface area contributed by atoms with Crippen molar-refractivity contribution in [2.24, 2.45) is 0 Å². The van der Waals surface area contributed by atoms with Crippen LogP contribution in [0.15, 0.2) is 53.3 Å². The third kappa shape index (κ3) is 6.17. The van der Waals surface area contributed by atoms with Crippen LogP contribution in [0.4, 0.5) is 5.82 Å².